The molecule has 13 heteroatoms. The molecule has 0 unspecified atom stereocenters. The van der Waals surface area contributed by atoms with E-state index in [1.165, 1.54) is 30.0 Å². The van der Waals surface area contributed by atoms with Gasteiger partial charge in [-0.15, -0.1) is 0 Å². The molecule has 0 saturated carbocycles. The monoisotopic (exact) mass is 514 g/mol. The number of carboxylic acids is 1. The Hall–Kier alpha value is -3.12. The van der Waals surface area contributed by atoms with Gasteiger partial charge in [0.05, 0.1) is 23.2 Å². The molecular weight excluding hydrogens is 488 g/mol. The molecule has 1 aliphatic rings. The Kier molecular flexibility index (Phi) is 9.05. The standard InChI is InChI=1S/C21H27ClN4O7S/c1-12(24-19(29)13-5-6-16(23)15(22)10-13)21(31)26-8-3-4-17(26)20(30)25-14(11-18(27)28)7-9-34(2,32)33/h5-7,9-10,12,14,17H,3-4,8,11,23H2,1-2H3,(H,24,29)(H,25,30)(H,27,28)/b9-7+/t12-,14+,17+/m0/s1. The minimum atomic E-state index is -3.53. The van der Waals surface area contributed by atoms with E-state index in [2.05, 4.69) is 10.6 Å². The second-order valence-electron chi connectivity index (χ2n) is 7.99. The lowest BCUT2D eigenvalue weighted by Crippen LogP contribution is -2.53. The number of rotatable bonds is 9. The van der Waals surface area contributed by atoms with E-state index in [4.69, 9.17) is 22.4 Å². The molecule has 0 aromatic heterocycles. The normalized spacial score (nSPS) is 17.9. The van der Waals surface area contributed by atoms with E-state index >= 15 is 0 Å². The van der Waals surface area contributed by atoms with Gasteiger partial charge in [0.2, 0.25) is 11.8 Å². The van der Waals surface area contributed by atoms with Gasteiger partial charge in [0.15, 0.2) is 9.84 Å². The zero-order valence-electron chi connectivity index (χ0n) is 18.7. The lowest BCUT2D eigenvalue weighted by Gasteiger charge is -2.28. The van der Waals surface area contributed by atoms with Crippen LogP contribution >= 0.6 is 11.6 Å². The van der Waals surface area contributed by atoms with Crippen LogP contribution in [0.5, 0.6) is 0 Å². The zero-order valence-corrected chi connectivity index (χ0v) is 20.2. The van der Waals surface area contributed by atoms with E-state index in [1.807, 2.05) is 0 Å². The number of anilines is 1. The third kappa shape index (κ3) is 7.73. The first-order valence-corrected chi connectivity index (χ1v) is 12.7. The molecule has 0 bridgehead atoms. The molecule has 0 radical (unpaired) electrons. The number of hydrogen-bond donors (Lipinski definition) is 4. The lowest BCUT2D eigenvalue weighted by atomic mass is 10.1. The fourth-order valence-corrected chi connectivity index (χ4v) is 4.09. The molecule has 11 nitrogen and oxygen atoms in total. The summed E-state index contributed by atoms with van der Waals surface area (Å²) >= 11 is 5.94. The number of nitrogens with zero attached hydrogens (tertiary/aromatic N) is 1. The van der Waals surface area contributed by atoms with E-state index in [9.17, 15) is 27.6 Å². The predicted molar refractivity (Wildman–Crippen MR) is 126 cm³/mol. The van der Waals surface area contributed by atoms with Crippen LogP contribution in [0.3, 0.4) is 0 Å². The van der Waals surface area contributed by atoms with Crippen LogP contribution in [-0.4, -0.2) is 73.0 Å². The van der Waals surface area contributed by atoms with Gasteiger partial charge in [-0.25, -0.2) is 8.42 Å². The van der Waals surface area contributed by atoms with E-state index in [1.54, 1.807) is 0 Å². The largest absolute Gasteiger partial charge is 0.481 e. The highest BCUT2D eigenvalue weighted by Gasteiger charge is 2.37. The van der Waals surface area contributed by atoms with Gasteiger partial charge in [0, 0.05) is 23.8 Å². The molecule has 1 heterocycles. The van der Waals surface area contributed by atoms with Crippen molar-refractivity contribution in [3.8, 4) is 0 Å². The zero-order chi connectivity index (χ0) is 25.6. The van der Waals surface area contributed by atoms with Crippen LogP contribution in [0.15, 0.2) is 29.7 Å². The Morgan fingerprint density at radius 3 is 2.56 bits per heavy atom. The van der Waals surface area contributed by atoms with Crippen molar-refractivity contribution in [1.82, 2.24) is 15.5 Å². The van der Waals surface area contributed by atoms with Gasteiger partial charge in [0.1, 0.15) is 12.1 Å². The fourth-order valence-electron chi connectivity index (χ4n) is 3.43. The highest BCUT2D eigenvalue weighted by atomic mass is 35.5. The molecule has 1 saturated heterocycles. The van der Waals surface area contributed by atoms with Gasteiger partial charge in [0.25, 0.3) is 5.91 Å². The van der Waals surface area contributed by atoms with Crippen LogP contribution in [0.2, 0.25) is 5.02 Å². The summed E-state index contributed by atoms with van der Waals surface area (Å²) in [7, 11) is -3.53. The van der Waals surface area contributed by atoms with Gasteiger partial charge in [-0.1, -0.05) is 17.7 Å². The van der Waals surface area contributed by atoms with Crippen molar-refractivity contribution < 1.29 is 32.7 Å². The SMILES string of the molecule is C[C@H](NC(=O)c1ccc(N)c(Cl)c1)C(=O)N1CCC[C@@H]1C(=O)N[C@H](/C=C/S(C)(=O)=O)CC(=O)O. The number of nitrogens with one attached hydrogen (secondary N) is 2. The number of hydrogen-bond acceptors (Lipinski definition) is 7. The van der Waals surface area contributed by atoms with Crippen LogP contribution in [0, 0.1) is 0 Å². The lowest BCUT2D eigenvalue weighted by molar-refractivity contribution is -0.140. The Labute approximate surface area is 202 Å². The Bertz CT molecular complexity index is 1110. The maximum atomic E-state index is 13.0. The molecule has 1 fully saturated rings. The Balaban J connectivity index is 2.08. The highest BCUT2D eigenvalue weighted by molar-refractivity contribution is 7.93. The van der Waals surface area contributed by atoms with Crippen molar-refractivity contribution in [2.75, 3.05) is 18.5 Å². The summed E-state index contributed by atoms with van der Waals surface area (Å²) in [6, 6.07) is 1.38. The van der Waals surface area contributed by atoms with Crippen LogP contribution < -0.4 is 16.4 Å². The summed E-state index contributed by atoms with van der Waals surface area (Å²) in [4.78, 5) is 50.7. The molecule has 1 aromatic rings. The summed E-state index contributed by atoms with van der Waals surface area (Å²) in [6.07, 6.45) is 2.36. The van der Waals surface area contributed by atoms with Gasteiger partial charge in [-0.2, -0.15) is 0 Å². The first-order valence-electron chi connectivity index (χ1n) is 10.3. The van der Waals surface area contributed by atoms with Crippen LogP contribution in [0.4, 0.5) is 5.69 Å². The number of amides is 3. The molecule has 1 aliphatic heterocycles. The quantitative estimate of drug-likeness (QED) is 0.345. The fraction of sp³-hybridized carbons (Fsp3) is 0.429. The molecule has 1 aromatic carbocycles. The van der Waals surface area contributed by atoms with E-state index < -0.39 is 58.1 Å². The number of nitrogens with two attached hydrogens (primary N) is 1. The number of carboxylic acid groups (broad SMARTS) is 1. The topological polar surface area (TPSA) is 176 Å². The minimum absolute atomic E-state index is 0.198. The molecular formula is C21H27ClN4O7S. The number of carbonyl (C=O) groups excluding carboxylic acids is 3. The molecule has 3 amide bonds. The first kappa shape index (κ1) is 27.1. The summed E-state index contributed by atoms with van der Waals surface area (Å²) in [5.74, 6) is -2.88. The van der Waals surface area contributed by atoms with Crippen molar-refractivity contribution >= 4 is 50.8 Å². The van der Waals surface area contributed by atoms with Gasteiger partial charge in [-0.3, -0.25) is 19.2 Å². The molecule has 0 aliphatic carbocycles. The van der Waals surface area contributed by atoms with Crippen molar-refractivity contribution in [2.45, 2.75) is 44.3 Å². The number of carbonyl (C=O) groups is 4. The number of halogens is 1. The molecule has 0 spiro atoms. The second-order valence-corrected chi connectivity index (χ2v) is 10.3. The molecule has 2 rings (SSSR count). The van der Waals surface area contributed by atoms with E-state index in [-0.39, 0.29) is 17.1 Å². The first-order chi connectivity index (χ1) is 15.8. The van der Waals surface area contributed by atoms with Gasteiger partial charge >= 0.3 is 5.97 Å². The van der Waals surface area contributed by atoms with Crippen molar-refractivity contribution in [3.63, 3.8) is 0 Å². The van der Waals surface area contributed by atoms with Crippen molar-refractivity contribution in [1.29, 1.82) is 0 Å². The predicted octanol–water partition coefficient (Wildman–Crippen LogP) is 0.549. The molecule has 186 valence electrons. The Morgan fingerprint density at radius 1 is 1.29 bits per heavy atom. The van der Waals surface area contributed by atoms with E-state index in [0.717, 1.165) is 17.7 Å². The minimum Gasteiger partial charge on any atom is -0.481 e. The van der Waals surface area contributed by atoms with E-state index in [0.29, 0.717) is 18.5 Å². The molecule has 34 heavy (non-hydrogen) atoms. The summed E-state index contributed by atoms with van der Waals surface area (Å²) < 4.78 is 22.7. The van der Waals surface area contributed by atoms with Crippen LogP contribution in [0.25, 0.3) is 0 Å². The average molecular weight is 515 g/mol. The van der Waals surface area contributed by atoms with Crippen molar-refractivity contribution in [3.05, 3.63) is 40.3 Å². The van der Waals surface area contributed by atoms with Gasteiger partial charge in [-0.05, 0) is 38.0 Å². The number of sulfone groups is 1. The summed E-state index contributed by atoms with van der Waals surface area (Å²) in [6.45, 7) is 1.75. The van der Waals surface area contributed by atoms with Crippen LogP contribution in [0.1, 0.15) is 36.5 Å². The van der Waals surface area contributed by atoms with Gasteiger partial charge < -0.3 is 26.4 Å². The number of nitrogen functional groups attached to an aromatic ring is 1. The highest BCUT2D eigenvalue weighted by Crippen LogP contribution is 2.21. The maximum Gasteiger partial charge on any atom is 0.305 e. The maximum absolute atomic E-state index is 13.0. The molecule has 5 N–H and O–H groups in total. The number of benzene rings is 1. The smallest absolute Gasteiger partial charge is 0.305 e. The van der Waals surface area contributed by atoms with Crippen LogP contribution in [-0.2, 0) is 24.2 Å². The Morgan fingerprint density at radius 2 is 1.97 bits per heavy atom. The molecule has 3 atom stereocenters. The summed E-state index contributed by atoms with van der Waals surface area (Å²) in [5, 5.41) is 15.1. The number of aliphatic carboxylic acids is 1. The summed E-state index contributed by atoms with van der Waals surface area (Å²) in [5.41, 5.74) is 6.16. The third-order valence-electron chi connectivity index (χ3n) is 5.10. The third-order valence-corrected chi connectivity index (χ3v) is 6.08. The van der Waals surface area contributed by atoms with Crippen molar-refractivity contribution in [2.24, 2.45) is 0 Å². The number of likely N-dealkylation sites (tertiary alicyclic amines) is 1. The second kappa shape index (κ2) is 11.3. The average Bonchev–Trinajstić information content (AvgIpc) is 3.22.